The summed E-state index contributed by atoms with van der Waals surface area (Å²) in [5.41, 5.74) is 3.34. The fourth-order valence-electron chi connectivity index (χ4n) is 5.37. The van der Waals surface area contributed by atoms with Gasteiger partial charge in [-0.2, -0.15) is 5.10 Å². The van der Waals surface area contributed by atoms with Gasteiger partial charge in [-0.05, 0) is 83.2 Å². The van der Waals surface area contributed by atoms with Gasteiger partial charge >= 0.3 is 5.97 Å². The van der Waals surface area contributed by atoms with E-state index in [1.54, 1.807) is 39.8 Å². The van der Waals surface area contributed by atoms with Crippen LogP contribution in [0.3, 0.4) is 0 Å². The average molecular weight is 609 g/mol. The van der Waals surface area contributed by atoms with Gasteiger partial charge < -0.3 is 19.9 Å². The second kappa shape index (κ2) is 11.9. The third-order valence-electron chi connectivity index (χ3n) is 7.32. The molecule has 1 atom stereocenters. The van der Waals surface area contributed by atoms with Crippen LogP contribution in [0.1, 0.15) is 71.7 Å². The summed E-state index contributed by atoms with van der Waals surface area (Å²) in [5.74, 6) is -2.00. The summed E-state index contributed by atoms with van der Waals surface area (Å²) < 4.78 is 28.6. The molecule has 9 nitrogen and oxygen atoms in total. The summed E-state index contributed by atoms with van der Waals surface area (Å²) in [6.07, 6.45) is 0.475. The monoisotopic (exact) mass is 608 g/mol. The molecule has 5 rings (SSSR count). The summed E-state index contributed by atoms with van der Waals surface area (Å²) >= 11 is 5.96. The van der Waals surface area contributed by atoms with Crippen LogP contribution in [0, 0.1) is 19.7 Å². The normalized spacial score (nSPS) is 13.8. The highest BCUT2D eigenvalue weighted by Crippen LogP contribution is 2.41. The molecule has 0 aliphatic carbocycles. The summed E-state index contributed by atoms with van der Waals surface area (Å²) in [6, 6.07) is 10.2. The number of carboxylic acids is 1. The second-order valence-corrected chi connectivity index (χ2v) is 12.1. The lowest BCUT2D eigenvalue weighted by Gasteiger charge is -2.28. The van der Waals surface area contributed by atoms with Crippen molar-refractivity contribution in [3.05, 3.63) is 80.9 Å². The molecule has 0 saturated heterocycles. The highest BCUT2D eigenvalue weighted by molar-refractivity contribution is 6.30. The van der Waals surface area contributed by atoms with Crippen molar-refractivity contribution in [3.8, 4) is 17.0 Å². The van der Waals surface area contributed by atoms with Crippen LogP contribution in [0.5, 0.6) is 5.75 Å². The third-order valence-corrected chi connectivity index (χ3v) is 7.58. The number of carbonyl (C=O) groups excluding carboxylic acids is 1. The quantitative estimate of drug-likeness (QED) is 0.250. The smallest absolute Gasteiger partial charge is 0.337 e. The second-order valence-electron chi connectivity index (χ2n) is 11.6. The molecule has 2 N–H and O–H groups in total. The van der Waals surface area contributed by atoms with Crippen molar-refractivity contribution >= 4 is 29.1 Å². The summed E-state index contributed by atoms with van der Waals surface area (Å²) in [7, 11) is 0. The Hall–Kier alpha value is -4.02. The summed E-state index contributed by atoms with van der Waals surface area (Å²) in [5, 5.41) is 18.4. The lowest BCUT2D eigenvalue weighted by molar-refractivity contribution is -0.160. The molecular weight excluding hydrogens is 575 g/mol. The van der Waals surface area contributed by atoms with Crippen LogP contribution in [0.25, 0.3) is 16.9 Å². The summed E-state index contributed by atoms with van der Waals surface area (Å²) in [6.45, 7) is 9.56. The zero-order valence-corrected chi connectivity index (χ0v) is 25.5. The van der Waals surface area contributed by atoms with Crippen LogP contribution in [0.15, 0.2) is 36.4 Å². The molecule has 0 radical (unpaired) electrons. The van der Waals surface area contributed by atoms with E-state index in [4.69, 9.17) is 21.1 Å². The van der Waals surface area contributed by atoms with Gasteiger partial charge in [0.25, 0.3) is 5.91 Å². The van der Waals surface area contributed by atoms with E-state index < -0.39 is 29.4 Å². The van der Waals surface area contributed by atoms with E-state index in [0.717, 1.165) is 17.5 Å². The molecule has 0 fully saturated rings. The minimum atomic E-state index is -1.44. The number of ether oxygens (including phenoxy) is 2. The van der Waals surface area contributed by atoms with Crippen LogP contribution in [-0.4, -0.2) is 50.3 Å². The van der Waals surface area contributed by atoms with Gasteiger partial charge in [-0.25, -0.2) is 18.7 Å². The van der Waals surface area contributed by atoms with Gasteiger partial charge in [0.15, 0.2) is 29.0 Å². The molecular formula is C32H34ClFN4O5. The fourth-order valence-corrected chi connectivity index (χ4v) is 5.50. The third kappa shape index (κ3) is 6.35. The molecule has 43 heavy (non-hydrogen) atoms. The van der Waals surface area contributed by atoms with Crippen LogP contribution in [0.2, 0.25) is 5.02 Å². The van der Waals surface area contributed by atoms with Crippen molar-refractivity contribution in [3.63, 3.8) is 0 Å². The largest absolute Gasteiger partial charge is 0.490 e. The van der Waals surface area contributed by atoms with E-state index in [2.05, 4.69) is 15.4 Å². The number of hydrogen-bond acceptors (Lipinski definition) is 6. The highest BCUT2D eigenvalue weighted by atomic mass is 35.5. The minimum Gasteiger partial charge on any atom is -0.490 e. The van der Waals surface area contributed by atoms with E-state index >= 15 is 4.39 Å². The Morgan fingerprint density at radius 3 is 2.60 bits per heavy atom. The zero-order valence-electron chi connectivity index (χ0n) is 24.8. The number of nitrogens with zero attached hydrogens (tertiary/aromatic N) is 3. The number of fused-ring (bicyclic) bond motifs is 2. The molecule has 0 saturated carbocycles. The molecule has 0 bridgehead atoms. The highest BCUT2D eigenvalue weighted by Gasteiger charge is 2.35. The molecule has 4 aromatic rings. The first-order chi connectivity index (χ1) is 20.3. The molecule has 2 aromatic heterocycles. The molecule has 0 unspecified atom stereocenters. The van der Waals surface area contributed by atoms with Crippen LogP contribution in [-0.2, 0) is 22.4 Å². The van der Waals surface area contributed by atoms with Gasteiger partial charge in [-0.3, -0.25) is 4.79 Å². The van der Waals surface area contributed by atoms with Crippen molar-refractivity contribution in [1.29, 1.82) is 0 Å². The van der Waals surface area contributed by atoms with E-state index in [-0.39, 0.29) is 17.0 Å². The molecule has 3 heterocycles. The maximum absolute atomic E-state index is 15.5. The number of halogens is 2. The number of aryl methyl sites for hydroxylation is 1. The summed E-state index contributed by atoms with van der Waals surface area (Å²) in [4.78, 5) is 30.5. The van der Waals surface area contributed by atoms with Crippen molar-refractivity contribution in [2.75, 3.05) is 13.2 Å². The van der Waals surface area contributed by atoms with E-state index in [1.807, 2.05) is 19.1 Å². The number of amides is 1. The van der Waals surface area contributed by atoms with Crippen LogP contribution in [0.4, 0.5) is 4.39 Å². The average Bonchev–Trinajstić information content (AvgIpc) is 3.37. The maximum atomic E-state index is 15.5. The minimum absolute atomic E-state index is 0.0874. The first kappa shape index (κ1) is 30.4. The number of carbonyl (C=O) groups is 2. The van der Waals surface area contributed by atoms with Crippen molar-refractivity contribution in [2.24, 2.45) is 0 Å². The first-order valence-corrected chi connectivity index (χ1v) is 14.5. The van der Waals surface area contributed by atoms with Gasteiger partial charge in [0, 0.05) is 40.0 Å². The van der Waals surface area contributed by atoms with Crippen LogP contribution >= 0.6 is 11.6 Å². The zero-order chi connectivity index (χ0) is 31.1. The number of benzene rings is 2. The van der Waals surface area contributed by atoms with E-state index in [0.29, 0.717) is 59.2 Å². The fraction of sp³-hybridized carbons (Fsp3) is 0.375. The Balaban J connectivity index is 1.64. The van der Waals surface area contributed by atoms with Gasteiger partial charge in [-0.1, -0.05) is 23.7 Å². The lowest BCUT2D eigenvalue weighted by Crippen LogP contribution is -2.29. The van der Waals surface area contributed by atoms with E-state index in [1.165, 1.54) is 16.6 Å². The van der Waals surface area contributed by atoms with Gasteiger partial charge in [0.1, 0.15) is 0 Å². The van der Waals surface area contributed by atoms with Crippen molar-refractivity contribution in [2.45, 2.75) is 65.6 Å². The number of aromatic nitrogens is 3. The van der Waals surface area contributed by atoms with Crippen molar-refractivity contribution in [1.82, 2.24) is 19.9 Å². The number of carboxylic acid groups (broad SMARTS) is 1. The Bertz CT molecular complexity index is 1710. The molecule has 2 aromatic carbocycles. The number of nitrogens with one attached hydrogen (secondary N) is 1. The SMILES string of the molecule is Cc1nc2cc(C(=O)NCCc3ccc(Cl)cc3)nn2c(-c2cc(F)c3c(c2C)CCCO3)c1[C@H](OC(C)(C)C)C(=O)O. The number of aliphatic carboxylic acids is 1. The van der Waals surface area contributed by atoms with Gasteiger partial charge in [0.2, 0.25) is 0 Å². The standard InChI is InChI=1S/C32H34ClFN4O5/c1-17-21-7-6-14-42-28(21)23(34)15-22(17)27-26(29(31(40)41)43-32(3,4)5)18(2)36-25-16-24(37-38(25)27)30(39)35-13-12-19-8-10-20(33)11-9-19/h8-11,15-16,29H,6-7,12-14H2,1-5H3,(H,35,39)(H,40,41)/t29-/m0/s1. The number of rotatable bonds is 8. The maximum Gasteiger partial charge on any atom is 0.337 e. The Labute approximate surface area is 254 Å². The molecule has 1 aliphatic rings. The van der Waals surface area contributed by atoms with Crippen molar-refractivity contribution < 1.29 is 28.6 Å². The predicted octanol–water partition coefficient (Wildman–Crippen LogP) is 6.04. The molecule has 226 valence electrons. The molecule has 0 spiro atoms. The Morgan fingerprint density at radius 1 is 1.21 bits per heavy atom. The molecule has 1 amide bonds. The predicted molar refractivity (Wildman–Crippen MR) is 160 cm³/mol. The Kier molecular flexibility index (Phi) is 8.45. The van der Waals surface area contributed by atoms with E-state index in [9.17, 15) is 14.7 Å². The topological polar surface area (TPSA) is 115 Å². The first-order valence-electron chi connectivity index (χ1n) is 14.1. The molecule has 11 heteroatoms. The van der Waals surface area contributed by atoms with Crippen LogP contribution < -0.4 is 10.1 Å². The Morgan fingerprint density at radius 2 is 1.93 bits per heavy atom. The molecule has 1 aliphatic heterocycles. The van der Waals surface area contributed by atoms with Gasteiger partial charge in [0.05, 0.1) is 17.9 Å². The lowest BCUT2D eigenvalue weighted by atomic mass is 9.91. The van der Waals surface area contributed by atoms with Gasteiger partial charge in [-0.15, -0.1) is 0 Å². The number of hydrogen-bond donors (Lipinski definition) is 2.